The van der Waals surface area contributed by atoms with Gasteiger partial charge in [-0.15, -0.1) is 0 Å². The lowest BCUT2D eigenvalue weighted by Gasteiger charge is -2.56. The lowest BCUT2D eigenvalue weighted by atomic mass is 9.87. The fourth-order valence-corrected chi connectivity index (χ4v) is 4.01. The predicted molar refractivity (Wildman–Crippen MR) is 93.8 cm³/mol. The Balaban J connectivity index is 2.87. The van der Waals surface area contributed by atoms with Crippen LogP contribution in [0.25, 0.3) is 0 Å². The zero-order valence-electron chi connectivity index (χ0n) is 14.2. The Kier molecular flexibility index (Phi) is 3.99. The largest absolute Gasteiger partial charge is 0.250 e. The van der Waals surface area contributed by atoms with Crippen molar-refractivity contribution in [3.05, 3.63) is 60.7 Å². The summed E-state index contributed by atoms with van der Waals surface area (Å²) >= 11 is 0. The van der Waals surface area contributed by atoms with Crippen LogP contribution in [-0.2, 0) is 0 Å². The summed E-state index contributed by atoms with van der Waals surface area (Å²) in [6, 6.07) is 21.8. The summed E-state index contributed by atoms with van der Waals surface area (Å²) < 4.78 is 0.821. The van der Waals surface area contributed by atoms with Gasteiger partial charge in [0, 0.05) is 0 Å². The maximum absolute atomic E-state index is 2.33. The zero-order chi connectivity index (χ0) is 15.7. The van der Waals surface area contributed by atoms with Crippen LogP contribution < -0.4 is 4.48 Å². The zero-order valence-corrected chi connectivity index (χ0v) is 14.2. The van der Waals surface area contributed by atoms with E-state index >= 15 is 0 Å². The molecule has 0 radical (unpaired) electrons. The molecular formula is C20H28N+. The van der Waals surface area contributed by atoms with Gasteiger partial charge in [-0.1, -0.05) is 36.4 Å². The molecule has 0 saturated carbocycles. The third-order valence-electron chi connectivity index (χ3n) is 4.30. The first-order chi connectivity index (χ1) is 9.71. The van der Waals surface area contributed by atoms with Crippen molar-refractivity contribution in [1.82, 2.24) is 4.48 Å². The quantitative estimate of drug-likeness (QED) is 0.599. The van der Waals surface area contributed by atoms with Crippen LogP contribution >= 0.6 is 0 Å². The number of hydrogen-bond acceptors (Lipinski definition) is 0. The van der Waals surface area contributed by atoms with Gasteiger partial charge >= 0.3 is 0 Å². The summed E-state index contributed by atoms with van der Waals surface area (Å²) in [4.78, 5) is 0. The molecule has 0 aliphatic carbocycles. The average molecular weight is 282 g/mol. The van der Waals surface area contributed by atoms with Crippen LogP contribution in [0.3, 0.4) is 0 Å². The smallest absolute Gasteiger partial charge is 0.138 e. The molecule has 0 spiro atoms. The van der Waals surface area contributed by atoms with Gasteiger partial charge < -0.3 is 0 Å². The van der Waals surface area contributed by atoms with E-state index in [0.29, 0.717) is 0 Å². The van der Waals surface area contributed by atoms with Crippen LogP contribution in [0.15, 0.2) is 60.7 Å². The van der Waals surface area contributed by atoms with E-state index in [4.69, 9.17) is 0 Å². The Morgan fingerprint density at radius 1 is 0.524 bits per heavy atom. The van der Waals surface area contributed by atoms with Gasteiger partial charge in [0.05, 0.1) is 0 Å². The van der Waals surface area contributed by atoms with Gasteiger partial charge in [0.15, 0.2) is 0 Å². The Morgan fingerprint density at radius 2 is 0.810 bits per heavy atom. The molecule has 0 heterocycles. The van der Waals surface area contributed by atoms with Crippen molar-refractivity contribution < 1.29 is 0 Å². The molecule has 0 amide bonds. The van der Waals surface area contributed by atoms with E-state index in [-0.39, 0.29) is 11.1 Å². The second-order valence-corrected chi connectivity index (χ2v) is 7.68. The lowest BCUT2D eigenvalue weighted by Crippen LogP contribution is -2.67. The molecule has 0 aliphatic heterocycles. The van der Waals surface area contributed by atoms with Gasteiger partial charge in [-0.05, 0) is 65.8 Å². The van der Waals surface area contributed by atoms with Crippen LogP contribution in [0.2, 0.25) is 0 Å². The topological polar surface area (TPSA) is 0 Å². The van der Waals surface area contributed by atoms with Gasteiger partial charge in [-0.25, -0.2) is 0 Å². The van der Waals surface area contributed by atoms with Gasteiger partial charge in [0.25, 0.3) is 0 Å². The molecule has 2 aromatic carbocycles. The number of quaternary nitrogens is 1. The van der Waals surface area contributed by atoms with Crippen molar-refractivity contribution in [3.63, 3.8) is 0 Å². The van der Waals surface area contributed by atoms with Crippen LogP contribution in [-0.4, -0.2) is 11.1 Å². The SMILES string of the molecule is CC(C)(C)[N+](c1ccccc1)(c1ccccc1)C(C)(C)C. The standard InChI is InChI=1S/C20H28N/c1-19(2,3)21(20(4,5)6,17-13-9-7-10-14-17)18-15-11-8-12-16-18/h7-16H,1-6H3/q+1. The highest BCUT2D eigenvalue weighted by molar-refractivity contribution is 5.62. The summed E-state index contributed by atoms with van der Waals surface area (Å²) in [7, 11) is 0. The first kappa shape index (κ1) is 15.8. The molecule has 21 heavy (non-hydrogen) atoms. The number of para-hydroxylation sites is 2. The van der Waals surface area contributed by atoms with Crippen LogP contribution in [0.1, 0.15) is 41.5 Å². The van der Waals surface area contributed by atoms with Crippen LogP contribution in [0, 0.1) is 0 Å². The molecule has 0 bridgehead atoms. The normalized spacial score (nSPS) is 13.2. The van der Waals surface area contributed by atoms with E-state index in [2.05, 4.69) is 102 Å². The number of hydrogen-bond donors (Lipinski definition) is 0. The van der Waals surface area contributed by atoms with E-state index in [0.717, 1.165) is 4.48 Å². The second-order valence-electron chi connectivity index (χ2n) is 7.68. The highest BCUT2D eigenvalue weighted by Crippen LogP contribution is 2.48. The summed E-state index contributed by atoms with van der Waals surface area (Å²) in [6.45, 7) is 14.0. The second kappa shape index (κ2) is 5.31. The van der Waals surface area contributed by atoms with Crippen molar-refractivity contribution in [3.8, 4) is 0 Å². The fraction of sp³-hybridized carbons (Fsp3) is 0.400. The molecule has 0 saturated heterocycles. The van der Waals surface area contributed by atoms with Gasteiger partial charge in [-0.2, -0.15) is 0 Å². The Labute approximate surface area is 129 Å². The molecule has 0 N–H and O–H groups in total. The summed E-state index contributed by atoms with van der Waals surface area (Å²) in [5, 5.41) is 0. The minimum atomic E-state index is 0.0426. The molecule has 2 rings (SSSR count). The van der Waals surface area contributed by atoms with E-state index in [1.54, 1.807) is 0 Å². The maximum Gasteiger partial charge on any atom is 0.138 e. The van der Waals surface area contributed by atoms with Gasteiger partial charge in [0.2, 0.25) is 0 Å². The van der Waals surface area contributed by atoms with Crippen LogP contribution in [0.4, 0.5) is 11.4 Å². The molecule has 1 nitrogen and oxygen atoms in total. The molecule has 0 unspecified atom stereocenters. The maximum atomic E-state index is 2.33. The van der Waals surface area contributed by atoms with Crippen molar-refractivity contribution in [2.45, 2.75) is 52.6 Å². The molecule has 0 aromatic heterocycles. The van der Waals surface area contributed by atoms with E-state index in [9.17, 15) is 0 Å². The molecular weight excluding hydrogens is 254 g/mol. The van der Waals surface area contributed by atoms with Gasteiger partial charge in [0.1, 0.15) is 22.5 Å². The Hall–Kier alpha value is -1.60. The number of nitrogens with zero attached hydrogens (tertiary/aromatic N) is 1. The first-order valence-corrected chi connectivity index (χ1v) is 7.72. The van der Waals surface area contributed by atoms with Gasteiger partial charge in [-0.3, -0.25) is 4.48 Å². The molecule has 2 aromatic rings. The van der Waals surface area contributed by atoms with Crippen molar-refractivity contribution in [2.75, 3.05) is 0 Å². The van der Waals surface area contributed by atoms with E-state index < -0.39 is 0 Å². The molecule has 0 fully saturated rings. The van der Waals surface area contributed by atoms with E-state index in [1.807, 2.05) is 0 Å². The molecule has 0 aliphatic rings. The fourth-order valence-electron chi connectivity index (χ4n) is 4.01. The summed E-state index contributed by atoms with van der Waals surface area (Å²) in [5.41, 5.74) is 2.76. The summed E-state index contributed by atoms with van der Waals surface area (Å²) in [5.74, 6) is 0. The highest BCUT2D eigenvalue weighted by atomic mass is 15.5. The molecule has 112 valence electrons. The molecule has 0 atom stereocenters. The van der Waals surface area contributed by atoms with Crippen molar-refractivity contribution in [2.24, 2.45) is 0 Å². The first-order valence-electron chi connectivity index (χ1n) is 7.72. The minimum Gasteiger partial charge on any atom is -0.250 e. The monoisotopic (exact) mass is 282 g/mol. The van der Waals surface area contributed by atoms with Crippen molar-refractivity contribution in [1.29, 1.82) is 0 Å². The van der Waals surface area contributed by atoms with Crippen LogP contribution in [0.5, 0.6) is 0 Å². The third-order valence-corrected chi connectivity index (χ3v) is 4.30. The minimum absolute atomic E-state index is 0.0426. The predicted octanol–water partition coefficient (Wildman–Crippen LogP) is 5.92. The Bertz CT molecular complexity index is 515. The number of rotatable bonds is 2. The lowest BCUT2D eigenvalue weighted by molar-refractivity contribution is 0.109. The molecule has 1 heteroatoms. The third kappa shape index (κ3) is 2.51. The Morgan fingerprint density at radius 3 is 1.05 bits per heavy atom. The van der Waals surface area contributed by atoms with Crippen molar-refractivity contribution >= 4 is 11.4 Å². The number of benzene rings is 2. The van der Waals surface area contributed by atoms with E-state index in [1.165, 1.54) is 11.4 Å². The average Bonchev–Trinajstić information content (AvgIpc) is 2.38. The summed E-state index contributed by atoms with van der Waals surface area (Å²) in [6.07, 6.45) is 0. The highest BCUT2D eigenvalue weighted by Gasteiger charge is 2.52.